The number of nitrogens with zero attached hydrogens (tertiary/aromatic N) is 2. The summed E-state index contributed by atoms with van der Waals surface area (Å²) in [4.78, 5) is 19.8. The molecule has 2 aliphatic rings. The van der Waals surface area contributed by atoms with Crippen molar-refractivity contribution in [1.29, 1.82) is 0 Å². The predicted molar refractivity (Wildman–Crippen MR) is 133 cm³/mol. The van der Waals surface area contributed by atoms with Crippen LogP contribution in [0.2, 0.25) is 0 Å². The Balaban J connectivity index is 1.50. The second-order valence-corrected chi connectivity index (χ2v) is 10.6. The first-order valence-electron chi connectivity index (χ1n) is 12.6. The number of carbonyl (C=O) groups excluding carboxylic acids is 1. The maximum Gasteiger partial charge on any atom is 0.260 e. The van der Waals surface area contributed by atoms with Gasteiger partial charge in [0.05, 0.1) is 12.2 Å². The zero-order chi connectivity index (χ0) is 26.5. The van der Waals surface area contributed by atoms with Gasteiger partial charge in [-0.2, -0.15) is 0 Å². The van der Waals surface area contributed by atoms with Gasteiger partial charge < -0.3 is 14.6 Å². The van der Waals surface area contributed by atoms with Gasteiger partial charge in [0, 0.05) is 60.3 Å². The van der Waals surface area contributed by atoms with Gasteiger partial charge in [0.1, 0.15) is 30.0 Å². The number of H-pyrrole nitrogens is 1. The second-order valence-electron chi connectivity index (χ2n) is 10.6. The van der Waals surface area contributed by atoms with Crippen molar-refractivity contribution in [2.75, 3.05) is 32.9 Å². The number of aromatic nitrogens is 1. The van der Waals surface area contributed by atoms with Crippen molar-refractivity contribution in [2.24, 2.45) is 5.92 Å². The molecule has 9 heteroatoms. The monoisotopic (exact) mass is 517 g/mol. The largest absolute Gasteiger partial charge is 0.492 e. The number of para-hydroxylation sites is 1. The van der Waals surface area contributed by atoms with Crippen LogP contribution in [-0.4, -0.2) is 65.3 Å². The van der Waals surface area contributed by atoms with Crippen LogP contribution < -0.4 is 4.74 Å². The summed E-state index contributed by atoms with van der Waals surface area (Å²) in [5.74, 6) is -2.54. The van der Waals surface area contributed by atoms with Crippen LogP contribution in [-0.2, 0) is 11.2 Å². The molecular weight excluding hydrogens is 486 g/mol. The van der Waals surface area contributed by atoms with E-state index < -0.39 is 35.3 Å². The first kappa shape index (κ1) is 25.6. The smallest absolute Gasteiger partial charge is 0.260 e. The fraction of sp³-hybridized carbons (Fsp3) is 0.464. The lowest BCUT2D eigenvalue weighted by molar-refractivity contribution is -0.146. The molecule has 198 valence electrons. The molecule has 0 aliphatic carbocycles. The Morgan fingerprint density at radius 2 is 1.84 bits per heavy atom. The average molecular weight is 518 g/mol. The van der Waals surface area contributed by atoms with Crippen molar-refractivity contribution in [3.8, 4) is 5.75 Å². The average Bonchev–Trinajstić information content (AvgIpc) is 3.17. The van der Waals surface area contributed by atoms with E-state index in [0.717, 1.165) is 42.4 Å². The van der Waals surface area contributed by atoms with Crippen LogP contribution in [0.25, 0.3) is 10.9 Å². The molecule has 3 heterocycles. The molecule has 0 saturated carbocycles. The fourth-order valence-electron chi connectivity index (χ4n) is 5.52. The zero-order valence-electron chi connectivity index (χ0n) is 21.2. The number of ether oxygens (including phenoxy) is 1. The third kappa shape index (κ3) is 4.69. The van der Waals surface area contributed by atoms with Gasteiger partial charge in [-0.15, -0.1) is 0 Å². The van der Waals surface area contributed by atoms with Crippen LogP contribution in [0, 0.1) is 17.6 Å². The number of fused-ring (bicyclic) bond motifs is 3. The molecular formula is C28H31F4N3O2. The summed E-state index contributed by atoms with van der Waals surface area (Å²) in [6.07, 6.45) is 0.419. The lowest BCUT2D eigenvalue weighted by Crippen LogP contribution is -2.52. The Bertz CT molecular complexity index is 1290. The molecule has 1 saturated heterocycles. The van der Waals surface area contributed by atoms with Crippen LogP contribution in [0.4, 0.5) is 17.6 Å². The van der Waals surface area contributed by atoms with E-state index >= 15 is 8.78 Å². The molecule has 1 fully saturated rings. The summed E-state index contributed by atoms with van der Waals surface area (Å²) in [5.41, 5.74) is -0.458. The number of alkyl halides is 2. The molecule has 1 amide bonds. The number of rotatable bonds is 7. The molecule has 0 spiro atoms. The Morgan fingerprint density at radius 1 is 1.16 bits per heavy atom. The highest BCUT2D eigenvalue weighted by Crippen LogP contribution is 2.44. The van der Waals surface area contributed by atoms with Crippen molar-refractivity contribution in [2.45, 2.75) is 44.9 Å². The number of amides is 1. The van der Waals surface area contributed by atoms with Crippen LogP contribution >= 0.6 is 0 Å². The summed E-state index contributed by atoms with van der Waals surface area (Å²) < 4.78 is 64.4. The van der Waals surface area contributed by atoms with Gasteiger partial charge >= 0.3 is 0 Å². The maximum absolute atomic E-state index is 15.6. The lowest BCUT2D eigenvalue weighted by Gasteiger charge is -2.43. The maximum atomic E-state index is 15.6. The number of benzene rings is 2. The first-order valence-corrected chi connectivity index (χ1v) is 12.6. The van der Waals surface area contributed by atoms with Gasteiger partial charge in [-0.25, -0.2) is 13.2 Å². The summed E-state index contributed by atoms with van der Waals surface area (Å²) in [7, 11) is 0. The third-order valence-corrected chi connectivity index (χ3v) is 7.37. The highest BCUT2D eigenvalue weighted by molar-refractivity contribution is 5.89. The van der Waals surface area contributed by atoms with Crippen molar-refractivity contribution in [1.82, 2.24) is 14.8 Å². The van der Waals surface area contributed by atoms with Gasteiger partial charge in [0.2, 0.25) is 0 Å². The van der Waals surface area contributed by atoms with Crippen molar-refractivity contribution in [3.05, 3.63) is 64.9 Å². The quantitative estimate of drug-likeness (QED) is 0.431. The van der Waals surface area contributed by atoms with Gasteiger partial charge in [-0.3, -0.25) is 14.1 Å². The molecule has 0 bridgehead atoms. The standard InChI is InChI=1S/C28H31F4N3O2/c1-16-10-20-19-6-4-5-7-23(19)33-25(20)26(35(16)27(36)28(2,3)32)24-21(30)11-18(12-22(24)31)37-9-8-34-14-17(13-29)15-34/h4-7,11-12,16-17,26,33H,8-10,13-15H2,1-3H3/t16-,26-/m1/s1. The van der Waals surface area contributed by atoms with Crippen molar-refractivity contribution in [3.63, 3.8) is 0 Å². The van der Waals surface area contributed by atoms with E-state index in [1.54, 1.807) is 6.92 Å². The highest BCUT2D eigenvalue weighted by Gasteiger charge is 2.45. The minimum absolute atomic E-state index is 0.0192. The van der Waals surface area contributed by atoms with Crippen molar-refractivity contribution >= 4 is 16.8 Å². The van der Waals surface area contributed by atoms with E-state index in [1.165, 1.54) is 4.90 Å². The SMILES string of the molecule is C[C@@H]1Cc2c([nH]c3ccccc23)[C@@H](c2c(F)cc(OCCN3CC(CF)C3)cc2F)N1C(=O)C(C)(C)F. The van der Waals surface area contributed by atoms with E-state index in [9.17, 15) is 13.6 Å². The summed E-state index contributed by atoms with van der Waals surface area (Å²) in [5, 5.41) is 0.905. The zero-order valence-corrected chi connectivity index (χ0v) is 21.2. The van der Waals surface area contributed by atoms with E-state index in [0.29, 0.717) is 31.7 Å². The van der Waals surface area contributed by atoms with Crippen LogP contribution in [0.5, 0.6) is 5.75 Å². The molecule has 5 nitrogen and oxygen atoms in total. The minimum Gasteiger partial charge on any atom is -0.492 e. The Kier molecular flexibility index (Phi) is 6.68. The molecule has 2 aromatic carbocycles. The van der Waals surface area contributed by atoms with E-state index in [1.807, 2.05) is 29.2 Å². The molecule has 1 aromatic heterocycles. The van der Waals surface area contributed by atoms with E-state index in [-0.39, 0.29) is 30.5 Å². The van der Waals surface area contributed by atoms with Crippen molar-refractivity contribution < 1.29 is 27.1 Å². The summed E-state index contributed by atoms with van der Waals surface area (Å²) in [6.45, 7) is 5.71. The molecule has 2 aliphatic heterocycles. The molecule has 0 unspecified atom stereocenters. The number of hydrogen-bond acceptors (Lipinski definition) is 3. The van der Waals surface area contributed by atoms with Crippen LogP contribution in [0.1, 0.15) is 43.6 Å². The normalized spacial score (nSPS) is 20.7. The molecule has 37 heavy (non-hydrogen) atoms. The lowest BCUT2D eigenvalue weighted by atomic mass is 9.87. The molecule has 0 radical (unpaired) electrons. The number of likely N-dealkylation sites (tertiary alicyclic amines) is 1. The Morgan fingerprint density at radius 3 is 2.49 bits per heavy atom. The van der Waals surface area contributed by atoms with Gasteiger partial charge in [0.25, 0.3) is 5.91 Å². The summed E-state index contributed by atoms with van der Waals surface area (Å²) >= 11 is 0. The summed E-state index contributed by atoms with van der Waals surface area (Å²) in [6, 6.07) is 8.03. The number of aromatic amines is 1. The third-order valence-electron chi connectivity index (χ3n) is 7.37. The molecule has 1 N–H and O–H groups in total. The first-order chi connectivity index (χ1) is 17.6. The molecule has 3 aromatic rings. The highest BCUT2D eigenvalue weighted by atomic mass is 19.1. The predicted octanol–water partition coefficient (Wildman–Crippen LogP) is 5.34. The van der Waals surface area contributed by atoms with Gasteiger partial charge in [-0.1, -0.05) is 18.2 Å². The Labute approximate surface area is 213 Å². The van der Waals surface area contributed by atoms with E-state index in [2.05, 4.69) is 4.98 Å². The van der Waals surface area contributed by atoms with Crippen LogP contribution in [0.3, 0.4) is 0 Å². The van der Waals surface area contributed by atoms with Crippen LogP contribution in [0.15, 0.2) is 36.4 Å². The number of carbonyl (C=O) groups is 1. The number of hydrogen-bond donors (Lipinski definition) is 1. The second kappa shape index (κ2) is 9.67. The number of nitrogens with one attached hydrogen (secondary N) is 1. The van der Waals surface area contributed by atoms with Gasteiger partial charge in [-0.05, 0) is 38.8 Å². The topological polar surface area (TPSA) is 48.6 Å². The fourth-order valence-corrected chi connectivity index (χ4v) is 5.52. The van der Waals surface area contributed by atoms with E-state index in [4.69, 9.17) is 4.74 Å². The minimum atomic E-state index is -2.23. The Hall–Kier alpha value is -3.07. The molecule has 2 atom stereocenters. The number of halogens is 4. The molecule has 5 rings (SSSR count). The van der Waals surface area contributed by atoms with Gasteiger partial charge in [0.15, 0.2) is 5.67 Å².